The van der Waals surface area contributed by atoms with Crippen LogP contribution in [0.4, 0.5) is 13.2 Å². The minimum absolute atomic E-state index is 0.138. The lowest BCUT2D eigenvalue weighted by atomic mass is 10.2. The van der Waals surface area contributed by atoms with Crippen molar-refractivity contribution in [3.63, 3.8) is 0 Å². The van der Waals surface area contributed by atoms with E-state index >= 15 is 0 Å². The predicted molar refractivity (Wildman–Crippen MR) is 80.0 cm³/mol. The van der Waals surface area contributed by atoms with Crippen LogP contribution in [-0.2, 0) is 6.18 Å². The summed E-state index contributed by atoms with van der Waals surface area (Å²) in [5, 5.41) is 8.98. The van der Waals surface area contributed by atoms with Gasteiger partial charge in [-0.2, -0.15) is 22.9 Å². The predicted octanol–water partition coefficient (Wildman–Crippen LogP) is 3.51. The monoisotopic (exact) mass is 366 g/mol. The number of nitrogens with zero attached hydrogens (tertiary/aromatic N) is 3. The van der Waals surface area contributed by atoms with Gasteiger partial charge >= 0.3 is 6.18 Å². The summed E-state index contributed by atoms with van der Waals surface area (Å²) in [4.78, 5) is 0. The molecule has 0 aliphatic rings. The molecule has 1 N–H and O–H groups in total. The summed E-state index contributed by atoms with van der Waals surface area (Å²) in [6.07, 6.45) is -3.59. The van der Waals surface area contributed by atoms with Crippen LogP contribution in [0.3, 0.4) is 0 Å². The first-order valence-corrected chi connectivity index (χ1v) is 6.77. The second kappa shape index (κ2) is 6.59. The SMILES string of the molecule is COc1ccc(/C=N\n2c(C(F)(F)F)n[nH]c2=S)c(Cl)c1OC. The van der Waals surface area contributed by atoms with Crippen molar-refractivity contribution in [3.05, 3.63) is 33.3 Å². The molecule has 1 heterocycles. The van der Waals surface area contributed by atoms with Crippen molar-refractivity contribution >= 4 is 30.0 Å². The van der Waals surface area contributed by atoms with Crippen LogP contribution in [0.25, 0.3) is 0 Å². The van der Waals surface area contributed by atoms with Crippen LogP contribution >= 0.6 is 23.8 Å². The number of H-pyrrole nitrogens is 1. The zero-order valence-corrected chi connectivity index (χ0v) is 13.4. The minimum Gasteiger partial charge on any atom is -0.493 e. The number of halogens is 4. The molecule has 0 aliphatic carbocycles. The molecule has 124 valence electrons. The first-order valence-electron chi connectivity index (χ1n) is 5.99. The fourth-order valence-corrected chi connectivity index (χ4v) is 2.17. The second-order valence-electron chi connectivity index (χ2n) is 4.11. The highest BCUT2D eigenvalue weighted by molar-refractivity contribution is 7.71. The van der Waals surface area contributed by atoms with Crippen LogP contribution in [-0.4, -0.2) is 35.3 Å². The fourth-order valence-electron chi connectivity index (χ4n) is 1.71. The molecule has 2 rings (SSSR count). The van der Waals surface area contributed by atoms with Crippen LogP contribution in [0.15, 0.2) is 17.2 Å². The summed E-state index contributed by atoms with van der Waals surface area (Å²) in [5.41, 5.74) is 0.320. The van der Waals surface area contributed by atoms with Gasteiger partial charge in [-0.25, -0.2) is 5.10 Å². The van der Waals surface area contributed by atoms with Gasteiger partial charge in [0.05, 0.1) is 25.5 Å². The Bertz CT molecular complexity index is 801. The number of hydrogen-bond donors (Lipinski definition) is 1. The molecule has 0 spiro atoms. The molecule has 1 aromatic heterocycles. The highest BCUT2D eigenvalue weighted by Gasteiger charge is 2.37. The van der Waals surface area contributed by atoms with E-state index in [1.54, 1.807) is 6.07 Å². The maximum atomic E-state index is 12.8. The van der Waals surface area contributed by atoms with E-state index in [1.807, 2.05) is 0 Å². The first kappa shape index (κ1) is 17.3. The number of aromatic amines is 1. The van der Waals surface area contributed by atoms with E-state index < -0.39 is 12.0 Å². The van der Waals surface area contributed by atoms with E-state index in [1.165, 1.54) is 20.3 Å². The molecule has 23 heavy (non-hydrogen) atoms. The first-order chi connectivity index (χ1) is 10.8. The van der Waals surface area contributed by atoms with Crippen molar-refractivity contribution in [2.75, 3.05) is 14.2 Å². The second-order valence-corrected chi connectivity index (χ2v) is 4.88. The molecule has 0 fully saturated rings. The molecule has 0 bridgehead atoms. The summed E-state index contributed by atoms with van der Waals surface area (Å²) < 4.78 is 48.7. The van der Waals surface area contributed by atoms with E-state index in [4.69, 9.17) is 33.3 Å². The lowest BCUT2D eigenvalue weighted by Gasteiger charge is -2.10. The Morgan fingerprint density at radius 1 is 1.35 bits per heavy atom. The molecule has 0 unspecified atom stereocenters. The van der Waals surface area contributed by atoms with Gasteiger partial charge in [-0.3, -0.25) is 0 Å². The third-order valence-corrected chi connectivity index (χ3v) is 3.39. The van der Waals surface area contributed by atoms with Gasteiger partial charge in [0.25, 0.3) is 5.82 Å². The van der Waals surface area contributed by atoms with E-state index in [9.17, 15) is 13.2 Å². The summed E-state index contributed by atoms with van der Waals surface area (Å²) >= 11 is 10.9. The molecule has 11 heteroatoms. The Morgan fingerprint density at radius 2 is 2.04 bits per heavy atom. The van der Waals surface area contributed by atoms with Crippen molar-refractivity contribution in [3.8, 4) is 11.5 Å². The average Bonchev–Trinajstić information content (AvgIpc) is 2.86. The average molecular weight is 367 g/mol. The number of benzene rings is 1. The van der Waals surface area contributed by atoms with Gasteiger partial charge in [-0.05, 0) is 24.4 Å². The molecular formula is C12H10ClF3N4O2S. The Morgan fingerprint density at radius 3 is 2.61 bits per heavy atom. The quantitative estimate of drug-likeness (QED) is 0.664. The van der Waals surface area contributed by atoms with Gasteiger partial charge < -0.3 is 9.47 Å². The van der Waals surface area contributed by atoms with Crippen molar-refractivity contribution < 1.29 is 22.6 Å². The zero-order chi connectivity index (χ0) is 17.2. The smallest absolute Gasteiger partial charge is 0.453 e. The van der Waals surface area contributed by atoms with E-state index in [2.05, 4.69) is 15.3 Å². The lowest BCUT2D eigenvalue weighted by molar-refractivity contribution is -0.147. The molecule has 0 amide bonds. The minimum atomic E-state index is -4.70. The number of alkyl halides is 3. The standard InChI is InChI=1S/C12H10ClF3N4O2S/c1-21-7-4-3-6(8(13)9(7)22-2)5-17-20-10(12(14,15)16)18-19-11(20)23/h3-5H,1-2H3,(H,19,23)/b17-5-. The number of aromatic nitrogens is 3. The highest BCUT2D eigenvalue weighted by Crippen LogP contribution is 2.36. The Hall–Kier alpha value is -2.07. The molecule has 6 nitrogen and oxygen atoms in total. The lowest BCUT2D eigenvalue weighted by Crippen LogP contribution is -2.12. The molecule has 0 radical (unpaired) electrons. The Balaban J connectivity index is 2.47. The van der Waals surface area contributed by atoms with Gasteiger partial charge in [-0.1, -0.05) is 11.6 Å². The maximum absolute atomic E-state index is 12.8. The van der Waals surface area contributed by atoms with Crippen LogP contribution < -0.4 is 9.47 Å². The molecule has 0 aliphatic heterocycles. The Kier molecular flexibility index (Phi) is 4.95. The molecule has 0 saturated heterocycles. The van der Waals surface area contributed by atoms with E-state index in [-0.39, 0.29) is 15.5 Å². The van der Waals surface area contributed by atoms with Crippen LogP contribution in [0.1, 0.15) is 11.4 Å². The third-order valence-electron chi connectivity index (χ3n) is 2.73. The normalized spacial score (nSPS) is 11.9. The summed E-state index contributed by atoms with van der Waals surface area (Å²) in [5.74, 6) is -0.647. The van der Waals surface area contributed by atoms with Crippen LogP contribution in [0.5, 0.6) is 11.5 Å². The summed E-state index contributed by atoms with van der Waals surface area (Å²) in [6.45, 7) is 0. The van der Waals surface area contributed by atoms with Crippen molar-refractivity contribution in [2.24, 2.45) is 5.10 Å². The van der Waals surface area contributed by atoms with E-state index in [0.717, 1.165) is 6.21 Å². The van der Waals surface area contributed by atoms with Gasteiger partial charge in [0.15, 0.2) is 11.5 Å². The van der Waals surface area contributed by atoms with Crippen molar-refractivity contribution in [2.45, 2.75) is 6.18 Å². The number of methoxy groups -OCH3 is 2. The van der Waals surface area contributed by atoms with Gasteiger partial charge in [-0.15, -0.1) is 5.10 Å². The Labute approximate surface area is 138 Å². The molecule has 2 aromatic rings. The van der Waals surface area contributed by atoms with Crippen molar-refractivity contribution in [1.82, 2.24) is 14.9 Å². The van der Waals surface area contributed by atoms with Gasteiger partial charge in [0, 0.05) is 5.56 Å². The van der Waals surface area contributed by atoms with Gasteiger partial charge in [0.1, 0.15) is 0 Å². The number of hydrogen-bond acceptors (Lipinski definition) is 5. The maximum Gasteiger partial charge on any atom is 0.453 e. The molecule has 1 aromatic carbocycles. The van der Waals surface area contributed by atoms with Crippen LogP contribution in [0, 0.1) is 4.77 Å². The van der Waals surface area contributed by atoms with Crippen molar-refractivity contribution in [1.29, 1.82) is 0 Å². The summed E-state index contributed by atoms with van der Waals surface area (Å²) in [7, 11) is 2.82. The van der Waals surface area contributed by atoms with Crippen LogP contribution in [0.2, 0.25) is 5.02 Å². The molecule has 0 saturated carbocycles. The largest absolute Gasteiger partial charge is 0.493 e. The number of rotatable bonds is 4. The highest BCUT2D eigenvalue weighted by atomic mass is 35.5. The van der Waals surface area contributed by atoms with E-state index in [0.29, 0.717) is 16.0 Å². The molecular weight excluding hydrogens is 357 g/mol. The fraction of sp³-hybridized carbons (Fsp3) is 0.250. The molecule has 0 atom stereocenters. The van der Waals surface area contributed by atoms with Gasteiger partial charge in [0.2, 0.25) is 4.77 Å². The topological polar surface area (TPSA) is 64.4 Å². The number of ether oxygens (including phenoxy) is 2. The number of nitrogens with one attached hydrogen (secondary N) is 1. The zero-order valence-electron chi connectivity index (χ0n) is 11.8. The summed E-state index contributed by atoms with van der Waals surface area (Å²) in [6, 6.07) is 3.06. The third kappa shape index (κ3) is 3.48.